The van der Waals surface area contributed by atoms with Gasteiger partial charge in [0.25, 0.3) is 5.91 Å². The maximum atomic E-state index is 12.5. The molecule has 0 unspecified atom stereocenters. The monoisotopic (exact) mass is 344 g/mol. The number of methoxy groups -OCH3 is 2. The Morgan fingerprint density at radius 2 is 1.48 bits per heavy atom. The van der Waals surface area contributed by atoms with Gasteiger partial charge in [0.2, 0.25) is 10.0 Å². The van der Waals surface area contributed by atoms with Gasteiger partial charge in [0.1, 0.15) is 0 Å². The molecule has 23 heavy (non-hydrogen) atoms. The summed E-state index contributed by atoms with van der Waals surface area (Å²) in [6.07, 6.45) is 0. The van der Waals surface area contributed by atoms with E-state index in [-0.39, 0.29) is 10.8 Å². The summed E-state index contributed by atoms with van der Waals surface area (Å²) < 4.78 is 35.2. The highest BCUT2D eigenvalue weighted by Gasteiger charge is 2.19. The van der Waals surface area contributed by atoms with Gasteiger partial charge in [-0.05, 0) is 24.3 Å². The van der Waals surface area contributed by atoms with Gasteiger partial charge in [-0.25, -0.2) is 12.7 Å². The van der Waals surface area contributed by atoms with Crippen LogP contribution in [0.5, 0.6) is 0 Å². The van der Waals surface area contributed by atoms with Crippen molar-refractivity contribution in [3.05, 3.63) is 29.8 Å². The van der Waals surface area contributed by atoms with Crippen LogP contribution in [-0.2, 0) is 19.5 Å². The normalized spacial score (nSPS) is 11.7. The van der Waals surface area contributed by atoms with Crippen LogP contribution in [0.3, 0.4) is 0 Å². The lowest BCUT2D eigenvalue weighted by Crippen LogP contribution is -2.36. The summed E-state index contributed by atoms with van der Waals surface area (Å²) in [5.74, 6) is -0.187. The number of ether oxygens (including phenoxy) is 2. The van der Waals surface area contributed by atoms with E-state index < -0.39 is 10.0 Å². The van der Waals surface area contributed by atoms with Gasteiger partial charge in [-0.1, -0.05) is 0 Å². The molecule has 0 aliphatic rings. The van der Waals surface area contributed by atoms with Gasteiger partial charge in [-0.2, -0.15) is 0 Å². The van der Waals surface area contributed by atoms with Crippen molar-refractivity contribution in [3.63, 3.8) is 0 Å². The number of hydrogen-bond acceptors (Lipinski definition) is 5. The van der Waals surface area contributed by atoms with Crippen LogP contribution in [-0.4, -0.2) is 78.1 Å². The second-order valence-electron chi connectivity index (χ2n) is 5.09. The molecule has 0 N–H and O–H groups in total. The number of carbonyl (C=O) groups is 1. The molecule has 0 saturated carbocycles. The van der Waals surface area contributed by atoms with Gasteiger partial charge >= 0.3 is 0 Å². The smallest absolute Gasteiger partial charge is 0.254 e. The van der Waals surface area contributed by atoms with E-state index in [1.807, 2.05) is 0 Å². The molecule has 0 aliphatic heterocycles. The summed E-state index contributed by atoms with van der Waals surface area (Å²) in [6, 6.07) is 5.91. The molecule has 0 radical (unpaired) electrons. The number of amides is 1. The van der Waals surface area contributed by atoms with Crippen LogP contribution in [0.4, 0.5) is 0 Å². The SMILES string of the molecule is COCCN(CCOC)C(=O)c1ccc(S(=O)(=O)N(C)C)cc1. The zero-order chi connectivity index (χ0) is 17.5. The van der Waals surface area contributed by atoms with Gasteiger partial charge in [0.05, 0.1) is 18.1 Å². The molecule has 0 spiro atoms. The Labute approximate surface area is 137 Å². The second kappa shape index (κ2) is 8.97. The van der Waals surface area contributed by atoms with Crippen molar-refractivity contribution in [3.8, 4) is 0 Å². The van der Waals surface area contributed by atoms with Crippen LogP contribution >= 0.6 is 0 Å². The Hall–Kier alpha value is -1.48. The number of benzene rings is 1. The molecule has 0 bridgehead atoms. The highest BCUT2D eigenvalue weighted by molar-refractivity contribution is 7.89. The lowest BCUT2D eigenvalue weighted by Gasteiger charge is -2.22. The van der Waals surface area contributed by atoms with Crippen LogP contribution in [0.1, 0.15) is 10.4 Å². The molecule has 7 nitrogen and oxygen atoms in total. The molecule has 0 atom stereocenters. The van der Waals surface area contributed by atoms with Crippen LogP contribution < -0.4 is 0 Å². The van der Waals surface area contributed by atoms with Crippen molar-refractivity contribution >= 4 is 15.9 Å². The summed E-state index contributed by atoms with van der Waals surface area (Å²) in [5, 5.41) is 0. The minimum atomic E-state index is -3.50. The van der Waals surface area contributed by atoms with Crippen molar-refractivity contribution in [1.82, 2.24) is 9.21 Å². The average Bonchev–Trinajstić information content (AvgIpc) is 2.54. The van der Waals surface area contributed by atoms with E-state index >= 15 is 0 Å². The van der Waals surface area contributed by atoms with Crippen LogP contribution in [0.15, 0.2) is 29.2 Å². The Balaban J connectivity index is 2.93. The van der Waals surface area contributed by atoms with Gasteiger partial charge in [-0.15, -0.1) is 0 Å². The van der Waals surface area contributed by atoms with Crippen molar-refractivity contribution < 1.29 is 22.7 Å². The van der Waals surface area contributed by atoms with Gasteiger partial charge in [-0.3, -0.25) is 4.79 Å². The lowest BCUT2D eigenvalue weighted by atomic mass is 10.2. The summed E-state index contributed by atoms with van der Waals surface area (Å²) in [4.78, 5) is 14.3. The molecular formula is C15H24N2O5S. The van der Waals surface area contributed by atoms with Gasteiger partial charge in [0.15, 0.2) is 0 Å². The number of carbonyl (C=O) groups excluding carboxylic acids is 1. The predicted octanol–water partition coefficient (Wildman–Crippen LogP) is 0.672. The molecule has 1 aromatic rings. The summed E-state index contributed by atoms with van der Waals surface area (Å²) in [7, 11) is 2.57. The molecule has 0 saturated heterocycles. The highest BCUT2D eigenvalue weighted by Crippen LogP contribution is 2.15. The maximum Gasteiger partial charge on any atom is 0.254 e. The van der Waals surface area contributed by atoms with E-state index in [2.05, 4.69) is 0 Å². The average molecular weight is 344 g/mol. The van der Waals surface area contributed by atoms with Crippen LogP contribution in [0.25, 0.3) is 0 Å². The van der Waals surface area contributed by atoms with E-state index in [1.54, 1.807) is 19.1 Å². The lowest BCUT2D eigenvalue weighted by molar-refractivity contribution is 0.0627. The first-order chi connectivity index (χ1) is 10.8. The molecule has 0 fully saturated rings. The van der Waals surface area contributed by atoms with Crippen molar-refractivity contribution in [2.24, 2.45) is 0 Å². The van der Waals surface area contributed by atoms with Gasteiger partial charge in [0, 0.05) is 47.0 Å². The van der Waals surface area contributed by atoms with E-state index in [9.17, 15) is 13.2 Å². The third kappa shape index (κ3) is 5.28. The Morgan fingerprint density at radius 1 is 1.00 bits per heavy atom. The summed E-state index contributed by atoms with van der Waals surface area (Å²) >= 11 is 0. The zero-order valence-corrected chi connectivity index (χ0v) is 14.8. The third-order valence-corrected chi connectivity index (χ3v) is 5.13. The standard InChI is InChI=1S/C15H24N2O5S/c1-16(2)23(19,20)14-7-5-13(6-8-14)15(18)17(9-11-21-3)10-12-22-4/h5-8H,9-12H2,1-4H3. The van der Waals surface area contributed by atoms with E-state index in [1.165, 1.54) is 38.4 Å². The molecule has 130 valence electrons. The van der Waals surface area contributed by atoms with E-state index in [0.717, 1.165) is 4.31 Å². The number of hydrogen-bond donors (Lipinski definition) is 0. The van der Waals surface area contributed by atoms with Crippen molar-refractivity contribution in [2.75, 3.05) is 54.6 Å². The molecular weight excluding hydrogens is 320 g/mol. The fourth-order valence-corrected chi connectivity index (χ4v) is 2.78. The predicted molar refractivity (Wildman–Crippen MR) is 87.0 cm³/mol. The molecule has 1 rings (SSSR count). The molecule has 0 aromatic heterocycles. The molecule has 1 amide bonds. The molecule has 1 aromatic carbocycles. The largest absolute Gasteiger partial charge is 0.383 e. The number of sulfonamides is 1. The number of rotatable bonds is 9. The first-order valence-electron chi connectivity index (χ1n) is 7.14. The van der Waals surface area contributed by atoms with Crippen molar-refractivity contribution in [1.29, 1.82) is 0 Å². The first-order valence-corrected chi connectivity index (χ1v) is 8.58. The Bertz CT molecular complexity index is 591. The molecule has 0 heterocycles. The minimum absolute atomic E-state index is 0.152. The van der Waals surface area contributed by atoms with Crippen LogP contribution in [0, 0.1) is 0 Å². The summed E-state index contributed by atoms with van der Waals surface area (Å²) in [6.45, 7) is 1.72. The zero-order valence-electron chi connectivity index (χ0n) is 14.0. The maximum absolute atomic E-state index is 12.5. The first kappa shape index (κ1) is 19.6. The van der Waals surface area contributed by atoms with Crippen molar-refractivity contribution in [2.45, 2.75) is 4.90 Å². The quantitative estimate of drug-likeness (QED) is 0.658. The number of nitrogens with zero attached hydrogens (tertiary/aromatic N) is 2. The second-order valence-corrected chi connectivity index (χ2v) is 7.24. The van der Waals surface area contributed by atoms with E-state index in [0.29, 0.717) is 31.9 Å². The topological polar surface area (TPSA) is 76.1 Å². The van der Waals surface area contributed by atoms with Gasteiger partial charge < -0.3 is 14.4 Å². The Morgan fingerprint density at radius 3 is 1.87 bits per heavy atom. The van der Waals surface area contributed by atoms with E-state index in [4.69, 9.17) is 9.47 Å². The minimum Gasteiger partial charge on any atom is -0.383 e. The highest BCUT2D eigenvalue weighted by atomic mass is 32.2. The summed E-state index contributed by atoms with van der Waals surface area (Å²) in [5.41, 5.74) is 0.426. The Kier molecular flexibility index (Phi) is 7.63. The third-order valence-electron chi connectivity index (χ3n) is 3.30. The molecule has 8 heteroatoms. The molecule has 0 aliphatic carbocycles. The van der Waals surface area contributed by atoms with Crippen LogP contribution in [0.2, 0.25) is 0 Å². The fraction of sp³-hybridized carbons (Fsp3) is 0.533. The fourth-order valence-electron chi connectivity index (χ4n) is 1.88.